The number of para-hydroxylation sites is 1. The summed E-state index contributed by atoms with van der Waals surface area (Å²) in [6, 6.07) is 19.2. The van der Waals surface area contributed by atoms with Gasteiger partial charge < -0.3 is 11.1 Å². The lowest BCUT2D eigenvalue weighted by atomic mass is 10.2. The van der Waals surface area contributed by atoms with Crippen LogP contribution in [0.2, 0.25) is 0 Å². The SMILES string of the molecule is NC(=O)NCCCCC(=O)NN(Cc1ccccc1)c1ccccc1. The second-order valence-corrected chi connectivity index (χ2v) is 5.69. The minimum Gasteiger partial charge on any atom is -0.352 e. The van der Waals surface area contributed by atoms with Gasteiger partial charge in [-0.05, 0) is 30.5 Å². The van der Waals surface area contributed by atoms with Gasteiger partial charge in [0.25, 0.3) is 0 Å². The molecule has 0 bridgehead atoms. The molecule has 0 saturated heterocycles. The topological polar surface area (TPSA) is 87.5 Å². The van der Waals surface area contributed by atoms with Crippen LogP contribution < -0.4 is 21.5 Å². The van der Waals surface area contributed by atoms with Crippen LogP contribution in [0.5, 0.6) is 0 Å². The molecular weight excluding hydrogens is 316 g/mol. The van der Waals surface area contributed by atoms with Crippen LogP contribution in [0.1, 0.15) is 24.8 Å². The first-order chi connectivity index (χ1) is 12.1. The summed E-state index contributed by atoms with van der Waals surface area (Å²) in [7, 11) is 0. The fourth-order valence-electron chi connectivity index (χ4n) is 2.40. The number of hydrogen-bond acceptors (Lipinski definition) is 3. The first-order valence-electron chi connectivity index (χ1n) is 8.34. The van der Waals surface area contributed by atoms with Gasteiger partial charge >= 0.3 is 6.03 Å². The van der Waals surface area contributed by atoms with Gasteiger partial charge in [-0.1, -0.05) is 48.5 Å². The lowest BCUT2D eigenvalue weighted by Gasteiger charge is -2.25. The third kappa shape index (κ3) is 6.95. The summed E-state index contributed by atoms with van der Waals surface area (Å²) in [5.41, 5.74) is 10.0. The number of nitrogens with one attached hydrogen (secondary N) is 2. The summed E-state index contributed by atoms with van der Waals surface area (Å²) >= 11 is 0. The van der Waals surface area contributed by atoms with Crippen molar-refractivity contribution in [3.8, 4) is 0 Å². The number of unbranched alkanes of at least 4 members (excludes halogenated alkanes) is 1. The number of amides is 3. The van der Waals surface area contributed by atoms with Crippen molar-refractivity contribution in [1.29, 1.82) is 0 Å². The van der Waals surface area contributed by atoms with E-state index in [1.807, 2.05) is 65.7 Å². The summed E-state index contributed by atoms with van der Waals surface area (Å²) in [5, 5.41) is 4.36. The Morgan fingerprint density at radius 1 is 0.920 bits per heavy atom. The average molecular weight is 340 g/mol. The molecule has 0 unspecified atom stereocenters. The van der Waals surface area contributed by atoms with E-state index in [1.54, 1.807) is 0 Å². The molecule has 2 aromatic rings. The predicted octanol–water partition coefficient (Wildman–Crippen LogP) is 2.56. The first-order valence-corrected chi connectivity index (χ1v) is 8.34. The Balaban J connectivity index is 1.89. The van der Waals surface area contributed by atoms with Gasteiger partial charge in [-0.25, -0.2) is 4.79 Å². The lowest BCUT2D eigenvalue weighted by molar-refractivity contribution is -0.121. The Morgan fingerprint density at radius 3 is 2.20 bits per heavy atom. The molecule has 0 aliphatic carbocycles. The molecule has 6 nitrogen and oxygen atoms in total. The number of rotatable bonds is 9. The monoisotopic (exact) mass is 340 g/mol. The molecular formula is C19H24N4O2. The van der Waals surface area contributed by atoms with Crippen molar-refractivity contribution in [2.45, 2.75) is 25.8 Å². The molecule has 6 heteroatoms. The lowest BCUT2D eigenvalue weighted by Crippen LogP contribution is -2.41. The van der Waals surface area contributed by atoms with Gasteiger partial charge in [0.1, 0.15) is 0 Å². The van der Waals surface area contributed by atoms with Crippen LogP contribution in [0.25, 0.3) is 0 Å². The number of carbonyl (C=O) groups excluding carboxylic acids is 2. The molecule has 0 heterocycles. The van der Waals surface area contributed by atoms with Crippen LogP contribution >= 0.6 is 0 Å². The smallest absolute Gasteiger partial charge is 0.312 e. The number of anilines is 1. The van der Waals surface area contributed by atoms with Crippen molar-refractivity contribution < 1.29 is 9.59 Å². The summed E-state index contributed by atoms with van der Waals surface area (Å²) in [4.78, 5) is 22.8. The van der Waals surface area contributed by atoms with Crippen molar-refractivity contribution in [2.75, 3.05) is 11.6 Å². The zero-order valence-electron chi connectivity index (χ0n) is 14.2. The van der Waals surface area contributed by atoms with Gasteiger partial charge in [0, 0.05) is 13.0 Å². The molecule has 132 valence electrons. The molecule has 25 heavy (non-hydrogen) atoms. The quantitative estimate of drug-likeness (QED) is 0.484. The van der Waals surface area contributed by atoms with Gasteiger partial charge in [0.2, 0.25) is 5.91 Å². The normalized spacial score (nSPS) is 10.1. The highest BCUT2D eigenvalue weighted by atomic mass is 16.2. The Bertz CT molecular complexity index is 662. The molecule has 4 N–H and O–H groups in total. The molecule has 0 aliphatic rings. The highest BCUT2D eigenvalue weighted by Gasteiger charge is 2.11. The van der Waals surface area contributed by atoms with Crippen LogP contribution in [0.15, 0.2) is 60.7 Å². The van der Waals surface area contributed by atoms with Crippen LogP contribution in [0.4, 0.5) is 10.5 Å². The minimum absolute atomic E-state index is 0.0566. The van der Waals surface area contributed by atoms with Crippen molar-refractivity contribution >= 4 is 17.6 Å². The zero-order chi connectivity index (χ0) is 17.9. The van der Waals surface area contributed by atoms with Gasteiger partial charge in [-0.15, -0.1) is 0 Å². The Morgan fingerprint density at radius 2 is 1.56 bits per heavy atom. The molecule has 0 aromatic heterocycles. The fourth-order valence-corrected chi connectivity index (χ4v) is 2.40. The third-order valence-electron chi connectivity index (χ3n) is 3.64. The molecule has 0 saturated carbocycles. The van der Waals surface area contributed by atoms with E-state index in [2.05, 4.69) is 10.7 Å². The van der Waals surface area contributed by atoms with E-state index in [9.17, 15) is 9.59 Å². The van der Waals surface area contributed by atoms with Crippen molar-refractivity contribution in [2.24, 2.45) is 5.73 Å². The number of urea groups is 1. The molecule has 0 radical (unpaired) electrons. The maximum atomic E-state index is 12.2. The number of hydrazine groups is 1. The Hall–Kier alpha value is -3.02. The summed E-state index contributed by atoms with van der Waals surface area (Å²) in [6.45, 7) is 1.06. The molecule has 0 atom stereocenters. The van der Waals surface area contributed by atoms with Crippen molar-refractivity contribution in [1.82, 2.24) is 10.7 Å². The number of benzene rings is 2. The average Bonchev–Trinajstić information content (AvgIpc) is 2.62. The van der Waals surface area contributed by atoms with Crippen molar-refractivity contribution in [3.63, 3.8) is 0 Å². The van der Waals surface area contributed by atoms with Gasteiger partial charge in [-0.3, -0.25) is 15.2 Å². The van der Waals surface area contributed by atoms with E-state index in [0.29, 0.717) is 32.4 Å². The molecule has 0 spiro atoms. The summed E-state index contributed by atoms with van der Waals surface area (Å²) < 4.78 is 0. The number of hydrogen-bond donors (Lipinski definition) is 3. The summed E-state index contributed by atoms with van der Waals surface area (Å²) in [6.07, 6.45) is 1.78. The second kappa shape index (κ2) is 9.97. The molecule has 2 rings (SSSR count). The standard InChI is InChI=1S/C19H24N4O2/c20-19(25)21-14-8-7-13-18(24)22-23(17-11-5-2-6-12-17)15-16-9-3-1-4-10-16/h1-6,9-12H,7-8,13-15H2,(H,22,24)(H3,20,21,25). The van der Waals surface area contributed by atoms with Crippen LogP contribution in [0.3, 0.4) is 0 Å². The number of primary amides is 1. The van der Waals surface area contributed by atoms with Crippen LogP contribution in [-0.4, -0.2) is 18.5 Å². The number of nitrogens with zero attached hydrogens (tertiary/aromatic N) is 1. The first kappa shape index (κ1) is 18.3. The maximum Gasteiger partial charge on any atom is 0.312 e. The van der Waals surface area contributed by atoms with E-state index in [4.69, 9.17) is 5.73 Å². The minimum atomic E-state index is -0.539. The number of carbonyl (C=O) groups is 2. The molecule has 2 aromatic carbocycles. The van der Waals surface area contributed by atoms with Crippen LogP contribution in [-0.2, 0) is 11.3 Å². The van der Waals surface area contributed by atoms with Gasteiger partial charge in [0.15, 0.2) is 0 Å². The largest absolute Gasteiger partial charge is 0.352 e. The van der Waals surface area contributed by atoms with Gasteiger partial charge in [-0.2, -0.15) is 0 Å². The third-order valence-corrected chi connectivity index (χ3v) is 3.64. The second-order valence-electron chi connectivity index (χ2n) is 5.69. The van der Waals surface area contributed by atoms with E-state index in [-0.39, 0.29) is 5.91 Å². The van der Waals surface area contributed by atoms with Crippen LogP contribution in [0, 0.1) is 0 Å². The van der Waals surface area contributed by atoms with E-state index >= 15 is 0 Å². The summed E-state index contributed by atoms with van der Waals surface area (Å²) in [5.74, 6) is -0.0566. The fraction of sp³-hybridized carbons (Fsp3) is 0.263. The highest BCUT2D eigenvalue weighted by Crippen LogP contribution is 2.15. The van der Waals surface area contributed by atoms with Crippen molar-refractivity contribution in [3.05, 3.63) is 66.2 Å². The van der Waals surface area contributed by atoms with Gasteiger partial charge in [0.05, 0.1) is 12.2 Å². The zero-order valence-corrected chi connectivity index (χ0v) is 14.2. The highest BCUT2D eigenvalue weighted by molar-refractivity contribution is 5.77. The Kier molecular flexibility index (Phi) is 7.31. The van der Waals surface area contributed by atoms with E-state index in [1.165, 1.54) is 0 Å². The molecule has 0 aliphatic heterocycles. The molecule has 3 amide bonds. The predicted molar refractivity (Wildman–Crippen MR) is 98.6 cm³/mol. The Labute approximate surface area is 148 Å². The maximum absolute atomic E-state index is 12.2. The van der Waals surface area contributed by atoms with E-state index < -0.39 is 6.03 Å². The van der Waals surface area contributed by atoms with E-state index in [0.717, 1.165) is 11.3 Å². The molecule has 0 fully saturated rings. The number of nitrogens with two attached hydrogens (primary N) is 1.